The van der Waals surface area contributed by atoms with E-state index in [2.05, 4.69) is 26.9 Å². The van der Waals surface area contributed by atoms with Gasteiger partial charge in [-0.2, -0.15) is 0 Å². The van der Waals surface area contributed by atoms with Gasteiger partial charge >= 0.3 is 0 Å². The molecule has 0 fully saturated rings. The van der Waals surface area contributed by atoms with E-state index in [9.17, 15) is 4.39 Å². The van der Waals surface area contributed by atoms with Gasteiger partial charge in [-0.25, -0.2) is 4.39 Å². The van der Waals surface area contributed by atoms with E-state index in [-0.39, 0.29) is 11.9 Å². The molecule has 2 rings (SSSR count). The first-order chi connectivity index (χ1) is 9.61. The molecule has 2 aromatic rings. The van der Waals surface area contributed by atoms with Crippen LogP contribution in [0, 0.1) is 5.82 Å². The number of halogens is 2. The Morgan fingerprint density at radius 3 is 2.40 bits per heavy atom. The van der Waals surface area contributed by atoms with Crippen molar-refractivity contribution in [3.63, 3.8) is 0 Å². The molecule has 2 nitrogen and oxygen atoms in total. The summed E-state index contributed by atoms with van der Waals surface area (Å²) < 4.78 is 14.0. The number of hydrogen-bond donors (Lipinski definition) is 1. The molecule has 0 spiro atoms. The molecule has 20 heavy (non-hydrogen) atoms. The second-order valence-corrected chi connectivity index (χ2v) is 5.67. The molecular formula is C16H18BrFN2. The molecule has 0 aliphatic heterocycles. The Morgan fingerprint density at radius 1 is 1.15 bits per heavy atom. The van der Waals surface area contributed by atoms with Crippen molar-refractivity contribution in [2.45, 2.75) is 12.6 Å². The largest absolute Gasteiger partial charge is 0.329 e. The van der Waals surface area contributed by atoms with Crippen LogP contribution < -0.4 is 5.73 Å². The van der Waals surface area contributed by atoms with Crippen LogP contribution >= 0.6 is 15.9 Å². The van der Waals surface area contributed by atoms with Crippen LogP contribution in [0.25, 0.3) is 0 Å². The number of nitrogens with zero attached hydrogens (tertiary/aromatic N) is 1. The average molecular weight is 337 g/mol. The average Bonchev–Trinajstić information content (AvgIpc) is 2.44. The molecule has 0 amide bonds. The predicted molar refractivity (Wildman–Crippen MR) is 83.8 cm³/mol. The normalized spacial score (nSPS) is 12.7. The van der Waals surface area contributed by atoms with Gasteiger partial charge in [0.15, 0.2) is 0 Å². The van der Waals surface area contributed by atoms with Crippen molar-refractivity contribution >= 4 is 15.9 Å². The molecule has 1 unspecified atom stereocenters. The molecular weight excluding hydrogens is 319 g/mol. The van der Waals surface area contributed by atoms with Gasteiger partial charge in [0.1, 0.15) is 5.82 Å². The Labute approximate surface area is 127 Å². The highest BCUT2D eigenvalue weighted by Crippen LogP contribution is 2.27. The third kappa shape index (κ3) is 3.66. The highest BCUT2D eigenvalue weighted by atomic mass is 79.9. The number of hydrogen-bond acceptors (Lipinski definition) is 2. The topological polar surface area (TPSA) is 29.3 Å². The van der Waals surface area contributed by atoms with E-state index in [1.54, 1.807) is 12.1 Å². The summed E-state index contributed by atoms with van der Waals surface area (Å²) in [5.41, 5.74) is 8.17. The highest BCUT2D eigenvalue weighted by Gasteiger charge is 2.17. The minimum absolute atomic E-state index is 0.121. The maximum absolute atomic E-state index is 12.9. The summed E-state index contributed by atoms with van der Waals surface area (Å²) in [7, 11) is 2.03. The summed E-state index contributed by atoms with van der Waals surface area (Å²) in [5, 5.41) is 0. The summed E-state index contributed by atoms with van der Waals surface area (Å²) in [5.74, 6) is -0.211. The Hall–Kier alpha value is -1.23. The van der Waals surface area contributed by atoms with E-state index < -0.39 is 0 Å². The van der Waals surface area contributed by atoms with E-state index >= 15 is 0 Å². The summed E-state index contributed by atoms with van der Waals surface area (Å²) in [4.78, 5) is 2.17. The molecule has 1 atom stereocenters. The molecule has 0 bridgehead atoms. The fraction of sp³-hybridized carbons (Fsp3) is 0.250. The zero-order chi connectivity index (χ0) is 14.5. The maximum atomic E-state index is 12.9. The van der Waals surface area contributed by atoms with E-state index in [0.717, 1.165) is 16.6 Å². The minimum atomic E-state index is -0.211. The lowest BCUT2D eigenvalue weighted by atomic mass is 10.0. The lowest BCUT2D eigenvalue weighted by molar-refractivity contribution is 0.241. The van der Waals surface area contributed by atoms with E-state index in [1.165, 1.54) is 17.7 Å². The number of benzene rings is 2. The Morgan fingerprint density at radius 2 is 1.80 bits per heavy atom. The van der Waals surface area contributed by atoms with Crippen LogP contribution in [0.4, 0.5) is 4.39 Å². The molecule has 2 N–H and O–H groups in total. The smallest absolute Gasteiger partial charge is 0.123 e. The van der Waals surface area contributed by atoms with E-state index in [1.807, 2.05) is 25.2 Å². The van der Waals surface area contributed by atoms with Crippen molar-refractivity contribution in [3.05, 3.63) is 69.9 Å². The van der Waals surface area contributed by atoms with E-state index in [4.69, 9.17) is 5.73 Å². The molecule has 4 heteroatoms. The van der Waals surface area contributed by atoms with Gasteiger partial charge in [0.25, 0.3) is 0 Å². The lowest BCUT2D eigenvalue weighted by Gasteiger charge is -2.28. The summed E-state index contributed by atoms with van der Waals surface area (Å²) in [6.07, 6.45) is 0. The lowest BCUT2D eigenvalue weighted by Crippen LogP contribution is -2.30. The fourth-order valence-corrected chi connectivity index (χ4v) is 2.83. The number of likely N-dealkylation sites (N-methyl/N-ethyl adjacent to an activating group) is 1. The van der Waals surface area contributed by atoms with Gasteiger partial charge in [0, 0.05) is 23.6 Å². The zero-order valence-corrected chi connectivity index (χ0v) is 13.0. The highest BCUT2D eigenvalue weighted by molar-refractivity contribution is 9.10. The van der Waals surface area contributed by atoms with Crippen molar-refractivity contribution < 1.29 is 4.39 Å². The van der Waals surface area contributed by atoms with Crippen LogP contribution in [-0.2, 0) is 6.54 Å². The van der Waals surface area contributed by atoms with Gasteiger partial charge < -0.3 is 5.73 Å². The number of rotatable bonds is 5. The first kappa shape index (κ1) is 15.2. The van der Waals surface area contributed by atoms with Gasteiger partial charge in [-0.1, -0.05) is 46.3 Å². The first-order valence-corrected chi connectivity index (χ1v) is 7.30. The molecule has 0 heterocycles. The van der Waals surface area contributed by atoms with Crippen molar-refractivity contribution in [1.29, 1.82) is 0 Å². The third-order valence-corrected chi connectivity index (χ3v) is 4.09. The fourth-order valence-electron chi connectivity index (χ4n) is 2.28. The van der Waals surface area contributed by atoms with Crippen molar-refractivity contribution in [2.24, 2.45) is 5.73 Å². The Kier molecular flexibility index (Phi) is 5.29. The van der Waals surface area contributed by atoms with Crippen LogP contribution in [0.15, 0.2) is 53.0 Å². The second-order valence-electron chi connectivity index (χ2n) is 4.81. The monoisotopic (exact) mass is 336 g/mol. The molecule has 106 valence electrons. The van der Waals surface area contributed by atoms with Crippen LogP contribution in [0.2, 0.25) is 0 Å². The summed E-state index contributed by atoms with van der Waals surface area (Å²) >= 11 is 3.57. The predicted octanol–water partition coefficient (Wildman–Crippen LogP) is 3.72. The quantitative estimate of drug-likeness (QED) is 0.901. The summed E-state index contributed by atoms with van der Waals surface area (Å²) in [6, 6.07) is 14.8. The SMILES string of the molecule is CN(Cc1ccc(F)cc1)C(CN)c1ccccc1Br. The maximum Gasteiger partial charge on any atom is 0.123 e. The van der Waals surface area contributed by atoms with E-state index in [0.29, 0.717) is 6.54 Å². The van der Waals surface area contributed by atoms with Gasteiger partial charge in [-0.15, -0.1) is 0 Å². The van der Waals surface area contributed by atoms with Gasteiger partial charge in [0.05, 0.1) is 0 Å². The zero-order valence-electron chi connectivity index (χ0n) is 11.4. The Bertz CT molecular complexity index is 557. The standard InChI is InChI=1S/C16H18BrFN2/c1-20(11-12-6-8-13(18)9-7-12)16(10-19)14-4-2-3-5-15(14)17/h2-9,16H,10-11,19H2,1H3. The molecule has 0 radical (unpaired) electrons. The molecule has 0 saturated carbocycles. The first-order valence-electron chi connectivity index (χ1n) is 6.51. The van der Waals surface area contributed by atoms with Gasteiger partial charge in [-0.05, 0) is 36.4 Å². The van der Waals surface area contributed by atoms with Crippen LogP contribution in [0.5, 0.6) is 0 Å². The van der Waals surface area contributed by atoms with Gasteiger partial charge in [0.2, 0.25) is 0 Å². The summed E-state index contributed by atoms with van der Waals surface area (Å²) in [6.45, 7) is 1.25. The van der Waals surface area contributed by atoms with Crippen LogP contribution in [0.3, 0.4) is 0 Å². The molecule has 0 saturated heterocycles. The van der Waals surface area contributed by atoms with Crippen LogP contribution in [-0.4, -0.2) is 18.5 Å². The van der Waals surface area contributed by atoms with Crippen LogP contribution in [0.1, 0.15) is 17.2 Å². The van der Waals surface area contributed by atoms with Crippen molar-refractivity contribution in [2.75, 3.05) is 13.6 Å². The Balaban J connectivity index is 2.15. The molecule has 0 aliphatic carbocycles. The minimum Gasteiger partial charge on any atom is -0.329 e. The van der Waals surface area contributed by atoms with Crippen molar-refractivity contribution in [1.82, 2.24) is 4.90 Å². The molecule has 2 aromatic carbocycles. The number of nitrogens with two attached hydrogens (primary N) is 1. The van der Waals surface area contributed by atoms with Crippen molar-refractivity contribution in [3.8, 4) is 0 Å². The van der Waals surface area contributed by atoms with Gasteiger partial charge in [-0.3, -0.25) is 4.90 Å². The molecule has 0 aromatic heterocycles. The second kappa shape index (κ2) is 6.97. The third-order valence-electron chi connectivity index (χ3n) is 3.36. The molecule has 0 aliphatic rings.